The van der Waals surface area contributed by atoms with Gasteiger partial charge in [0.25, 0.3) is 0 Å². The van der Waals surface area contributed by atoms with Gasteiger partial charge in [0.05, 0.1) is 17.9 Å². The topological polar surface area (TPSA) is 98.3 Å². The van der Waals surface area contributed by atoms with Crippen LogP contribution < -0.4 is 5.73 Å². The number of hydrogen-bond donors (Lipinski definition) is 1. The highest BCUT2D eigenvalue weighted by Crippen LogP contribution is 2.33. The molecule has 1 aliphatic rings. The first-order chi connectivity index (χ1) is 12.3. The van der Waals surface area contributed by atoms with Crippen molar-refractivity contribution < 1.29 is 13.2 Å². The normalized spacial score (nSPS) is 14.8. The van der Waals surface area contributed by atoms with Gasteiger partial charge in [-0.1, -0.05) is 19.1 Å². The molecule has 0 bridgehead atoms. The number of nitrogens with two attached hydrogens (primary N) is 1. The van der Waals surface area contributed by atoms with Gasteiger partial charge in [0.2, 0.25) is 15.9 Å². The first-order valence-electron chi connectivity index (χ1n) is 8.70. The first-order valence-corrected chi connectivity index (χ1v) is 10.1. The molecule has 0 radical (unpaired) electrons. The molecule has 0 saturated heterocycles. The minimum Gasteiger partial charge on any atom is -0.366 e. The third-order valence-corrected chi connectivity index (χ3v) is 6.97. The average Bonchev–Trinajstić information content (AvgIpc) is 3.34. The Morgan fingerprint density at radius 2 is 2.04 bits per heavy atom. The van der Waals surface area contributed by atoms with E-state index in [1.165, 1.54) is 0 Å². The lowest BCUT2D eigenvalue weighted by Gasteiger charge is -2.20. The predicted molar refractivity (Wildman–Crippen MR) is 98.4 cm³/mol. The van der Waals surface area contributed by atoms with E-state index in [4.69, 9.17) is 5.73 Å². The maximum atomic E-state index is 13.1. The van der Waals surface area contributed by atoms with Crippen LogP contribution in [0.4, 0.5) is 0 Å². The summed E-state index contributed by atoms with van der Waals surface area (Å²) in [5.74, 6) is -0.494. The van der Waals surface area contributed by atoms with Crippen molar-refractivity contribution in [2.75, 3.05) is 6.54 Å². The van der Waals surface area contributed by atoms with Crippen LogP contribution in [-0.2, 0) is 16.6 Å². The van der Waals surface area contributed by atoms with Crippen LogP contribution in [0, 0.1) is 13.8 Å². The van der Waals surface area contributed by atoms with Crippen molar-refractivity contribution >= 4 is 15.9 Å². The van der Waals surface area contributed by atoms with Crippen LogP contribution in [0.15, 0.2) is 29.2 Å². The lowest BCUT2D eigenvalue weighted by Crippen LogP contribution is -2.33. The van der Waals surface area contributed by atoms with Gasteiger partial charge in [-0.25, -0.2) is 8.42 Å². The quantitative estimate of drug-likeness (QED) is 0.797. The Labute approximate surface area is 153 Å². The zero-order valence-corrected chi connectivity index (χ0v) is 16.1. The molecule has 1 fully saturated rings. The lowest BCUT2D eigenvalue weighted by molar-refractivity contribution is 0.1000. The molecule has 2 aromatic rings. The fourth-order valence-electron chi connectivity index (χ4n) is 3.31. The highest BCUT2D eigenvalue weighted by molar-refractivity contribution is 7.89. The van der Waals surface area contributed by atoms with Crippen LogP contribution in [0.2, 0.25) is 0 Å². The monoisotopic (exact) mass is 376 g/mol. The summed E-state index contributed by atoms with van der Waals surface area (Å²) >= 11 is 0. The summed E-state index contributed by atoms with van der Waals surface area (Å²) in [6.07, 6.45) is 1.83. The number of sulfonamides is 1. The zero-order valence-electron chi connectivity index (χ0n) is 15.3. The SMILES string of the molecule is CCN(C1CC1)S(=O)(=O)c1c(C)nn(Cc2cccc(C(N)=O)c2)c1C. The van der Waals surface area contributed by atoms with Crippen molar-refractivity contribution in [3.05, 3.63) is 46.8 Å². The van der Waals surface area contributed by atoms with Crippen molar-refractivity contribution in [3.63, 3.8) is 0 Å². The van der Waals surface area contributed by atoms with Crippen molar-refractivity contribution in [1.82, 2.24) is 14.1 Å². The second kappa shape index (κ2) is 6.85. The van der Waals surface area contributed by atoms with Crippen LogP contribution in [0.3, 0.4) is 0 Å². The lowest BCUT2D eigenvalue weighted by atomic mass is 10.1. The van der Waals surface area contributed by atoms with Crippen LogP contribution in [-0.4, -0.2) is 41.0 Å². The van der Waals surface area contributed by atoms with E-state index in [2.05, 4.69) is 5.10 Å². The summed E-state index contributed by atoms with van der Waals surface area (Å²) in [4.78, 5) is 11.6. The number of benzene rings is 1. The number of hydrogen-bond acceptors (Lipinski definition) is 4. The fraction of sp³-hybridized carbons (Fsp3) is 0.444. The molecular weight excluding hydrogens is 352 g/mol. The number of carbonyl (C=O) groups is 1. The summed E-state index contributed by atoms with van der Waals surface area (Å²) in [5.41, 5.74) is 7.68. The van der Waals surface area contributed by atoms with Crippen LogP contribution >= 0.6 is 0 Å². The van der Waals surface area contributed by atoms with Gasteiger partial charge in [0, 0.05) is 18.2 Å². The maximum absolute atomic E-state index is 13.1. The molecule has 1 aliphatic carbocycles. The van der Waals surface area contributed by atoms with E-state index in [9.17, 15) is 13.2 Å². The van der Waals surface area contributed by atoms with Crippen molar-refractivity contribution in [2.24, 2.45) is 5.73 Å². The molecule has 7 nitrogen and oxygen atoms in total. The molecule has 1 heterocycles. The molecule has 2 N–H and O–H groups in total. The molecule has 3 rings (SSSR count). The smallest absolute Gasteiger partial charge is 0.248 e. The molecule has 0 aliphatic heterocycles. The molecule has 26 heavy (non-hydrogen) atoms. The van der Waals surface area contributed by atoms with E-state index in [0.29, 0.717) is 30.0 Å². The number of rotatable bonds is 7. The van der Waals surface area contributed by atoms with Crippen molar-refractivity contribution in [2.45, 2.75) is 51.1 Å². The van der Waals surface area contributed by atoms with E-state index in [-0.39, 0.29) is 10.9 Å². The van der Waals surface area contributed by atoms with Crippen LogP contribution in [0.1, 0.15) is 47.1 Å². The summed E-state index contributed by atoms with van der Waals surface area (Å²) < 4.78 is 29.5. The summed E-state index contributed by atoms with van der Waals surface area (Å²) in [6.45, 7) is 6.18. The zero-order chi connectivity index (χ0) is 19.1. The number of amides is 1. The summed E-state index contributed by atoms with van der Waals surface area (Å²) in [7, 11) is -3.57. The number of carbonyl (C=O) groups excluding carboxylic acids is 1. The molecule has 0 atom stereocenters. The second-order valence-electron chi connectivity index (χ2n) is 6.66. The minimum absolute atomic E-state index is 0.111. The Bertz CT molecular complexity index is 945. The molecule has 1 aromatic carbocycles. The van der Waals surface area contributed by atoms with E-state index < -0.39 is 15.9 Å². The van der Waals surface area contributed by atoms with E-state index in [0.717, 1.165) is 18.4 Å². The van der Waals surface area contributed by atoms with Crippen molar-refractivity contribution in [3.8, 4) is 0 Å². The molecule has 0 unspecified atom stereocenters. The third-order valence-electron chi connectivity index (χ3n) is 4.69. The van der Waals surface area contributed by atoms with E-state index in [1.807, 2.05) is 13.0 Å². The number of aryl methyl sites for hydroxylation is 1. The van der Waals surface area contributed by atoms with E-state index >= 15 is 0 Å². The van der Waals surface area contributed by atoms with Gasteiger partial charge in [-0.2, -0.15) is 9.40 Å². The summed E-state index contributed by atoms with van der Waals surface area (Å²) in [5, 5.41) is 4.44. The van der Waals surface area contributed by atoms with Gasteiger partial charge in [-0.3, -0.25) is 9.48 Å². The van der Waals surface area contributed by atoms with Gasteiger partial charge in [0.1, 0.15) is 4.90 Å². The molecule has 1 aromatic heterocycles. The highest BCUT2D eigenvalue weighted by Gasteiger charge is 2.39. The highest BCUT2D eigenvalue weighted by atomic mass is 32.2. The largest absolute Gasteiger partial charge is 0.366 e. The standard InChI is InChI=1S/C18H24N4O3S/c1-4-22(16-8-9-16)26(24,25)17-12(2)20-21(13(17)3)11-14-6-5-7-15(10-14)18(19)23/h5-7,10,16H,4,8-9,11H2,1-3H3,(H2,19,23). The Hall–Kier alpha value is -2.19. The van der Waals surface area contributed by atoms with Gasteiger partial charge < -0.3 is 5.73 Å². The third kappa shape index (κ3) is 3.39. The molecule has 0 spiro atoms. The second-order valence-corrected chi connectivity index (χ2v) is 8.49. The van der Waals surface area contributed by atoms with Crippen LogP contribution in [0.25, 0.3) is 0 Å². The van der Waals surface area contributed by atoms with Gasteiger partial charge in [-0.05, 0) is 44.4 Å². The molecule has 1 saturated carbocycles. The van der Waals surface area contributed by atoms with Gasteiger partial charge >= 0.3 is 0 Å². The average molecular weight is 376 g/mol. The molecule has 1 amide bonds. The first kappa shape index (κ1) is 18.6. The Balaban J connectivity index is 1.96. The Morgan fingerprint density at radius 3 is 2.62 bits per heavy atom. The number of aromatic nitrogens is 2. The molecule has 8 heteroatoms. The molecule has 140 valence electrons. The number of nitrogens with zero attached hydrogens (tertiary/aromatic N) is 3. The maximum Gasteiger partial charge on any atom is 0.248 e. The number of primary amides is 1. The van der Waals surface area contributed by atoms with Gasteiger partial charge in [-0.15, -0.1) is 0 Å². The minimum atomic E-state index is -3.57. The Morgan fingerprint density at radius 1 is 1.35 bits per heavy atom. The van der Waals surface area contributed by atoms with E-state index in [1.54, 1.807) is 41.0 Å². The fourth-order valence-corrected chi connectivity index (χ4v) is 5.38. The summed E-state index contributed by atoms with van der Waals surface area (Å²) in [6, 6.07) is 7.08. The van der Waals surface area contributed by atoms with Crippen molar-refractivity contribution in [1.29, 1.82) is 0 Å². The Kier molecular flexibility index (Phi) is 4.90. The van der Waals surface area contributed by atoms with Gasteiger partial charge in [0.15, 0.2) is 0 Å². The molecular formula is C18H24N4O3S. The predicted octanol–water partition coefficient (Wildman–Crippen LogP) is 1.82. The van der Waals surface area contributed by atoms with Crippen LogP contribution in [0.5, 0.6) is 0 Å².